The second-order valence-electron chi connectivity index (χ2n) is 5.20. The van der Waals surface area contributed by atoms with Gasteiger partial charge in [0, 0.05) is 18.5 Å². The van der Waals surface area contributed by atoms with Crippen LogP contribution in [0, 0.1) is 17.8 Å². The molecule has 2 unspecified atom stereocenters. The standard InChI is InChI=1S/C12H24N2O.ClH/c1-8(2)6-11(7-13)14-12(15)9(3)10-4-5-10;/h8-11H,4-7,13H2,1-3H3,(H,14,15);1H. The third kappa shape index (κ3) is 5.17. The zero-order valence-corrected chi connectivity index (χ0v) is 11.3. The van der Waals surface area contributed by atoms with Gasteiger partial charge in [-0.25, -0.2) is 0 Å². The van der Waals surface area contributed by atoms with Crippen LogP contribution < -0.4 is 11.1 Å². The molecule has 0 aliphatic heterocycles. The monoisotopic (exact) mass is 248 g/mol. The molecule has 0 saturated heterocycles. The maximum absolute atomic E-state index is 11.8. The van der Waals surface area contributed by atoms with Gasteiger partial charge in [-0.05, 0) is 31.1 Å². The third-order valence-corrected chi connectivity index (χ3v) is 3.13. The van der Waals surface area contributed by atoms with E-state index in [9.17, 15) is 4.79 Å². The van der Waals surface area contributed by atoms with Crippen LogP contribution in [0.25, 0.3) is 0 Å². The molecule has 0 radical (unpaired) electrons. The second kappa shape index (κ2) is 7.13. The number of rotatable bonds is 6. The summed E-state index contributed by atoms with van der Waals surface area (Å²) in [6, 6.07) is 0.152. The maximum atomic E-state index is 11.8. The molecule has 3 N–H and O–H groups in total. The molecule has 1 aliphatic carbocycles. The molecule has 0 heterocycles. The Morgan fingerprint density at radius 3 is 2.31 bits per heavy atom. The Hall–Kier alpha value is -0.280. The fraction of sp³-hybridized carbons (Fsp3) is 0.917. The van der Waals surface area contributed by atoms with Gasteiger partial charge in [-0.15, -0.1) is 12.4 Å². The van der Waals surface area contributed by atoms with E-state index >= 15 is 0 Å². The van der Waals surface area contributed by atoms with E-state index in [1.54, 1.807) is 0 Å². The van der Waals surface area contributed by atoms with Crippen LogP contribution in [0.4, 0.5) is 0 Å². The molecule has 3 nitrogen and oxygen atoms in total. The van der Waals surface area contributed by atoms with Gasteiger partial charge in [0.1, 0.15) is 0 Å². The van der Waals surface area contributed by atoms with Crippen molar-refractivity contribution in [3.05, 3.63) is 0 Å². The van der Waals surface area contributed by atoms with Crippen molar-refractivity contribution in [1.82, 2.24) is 5.32 Å². The van der Waals surface area contributed by atoms with Gasteiger partial charge >= 0.3 is 0 Å². The average molecular weight is 249 g/mol. The zero-order valence-electron chi connectivity index (χ0n) is 10.5. The summed E-state index contributed by atoms with van der Waals surface area (Å²) in [6.45, 7) is 6.87. The summed E-state index contributed by atoms with van der Waals surface area (Å²) in [5.74, 6) is 1.57. The minimum absolute atomic E-state index is 0. The van der Waals surface area contributed by atoms with Crippen LogP contribution in [0.15, 0.2) is 0 Å². The number of nitrogens with one attached hydrogen (secondary N) is 1. The SMILES string of the molecule is CC(C)CC(CN)NC(=O)C(C)C1CC1.Cl. The summed E-state index contributed by atoms with van der Waals surface area (Å²) in [6.07, 6.45) is 3.40. The molecule has 0 aromatic rings. The lowest BCUT2D eigenvalue weighted by Gasteiger charge is -2.21. The summed E-state index contributed by atoms with van der Waals surface area (Å²) in [7, 11) is 0. The maximum Gasteiger partial charge on any atom is 0.223 e. The molecular weight excluding hydrogens is 224 g/mol. The lowest BCUT2D eigenvalue weighted by molar-refractivity contribution is -0.125. The van der Waals surface area contributed by atoms with Gasteiger partial charge in [-0.3, -0.25) is 4.79 Å². The number of carbonyl (C=O) groups excluding carboxylic acids is 1. The van der Waals surface area contributed by atoms with Crippen molar-refractivity contribution < 1.29 is 4.79 Å². The highest BCUT2D eigenvalue weighted by Crippen LogP contribution is 2.36. The molecule has 16 heavy (non-hydrogen) atoms. The van der Waals surface area contributed by atoms with E-state index in [0.29, 0.717) is 18.4 Å². The van der Waals surface area contributed by atoms with Gasteiger partial charge in [0.25, 0.3) is 0 Å². The molecule has 0 aromatic heterocycles. The van der Waals surface area contributed by atoms with Gasteiger partial charge in [0.15, 0.2) is 0 Å². The predicted octanol–water partition coefficient (Wildman–Crippen LogP) is 1.94. The number of amides is 1. The molecule has 1 rings (SSSR count). The Morgan fingerprint density at radius 2 is 1.94 bits per heavy atom. The summed E-state index contributed by atoms with van der Waals surface area (Å²) in [5, 5.41) is 3.06. The van der Waals surface area contributed by atoms with E-state index < -0.39 is 0 Å². The molecular formula is C12H25ClN2O. The van der Waals surface area contributed by atoms with Gasteiger partial charge in [0.05, 0.1) is 0 Å². The Balaban J connectivity index is 0.00000225. The Bertz CT molecular complexity index is 217. The number of carbonyl (C=O) groups is 1. The third-order valence-electron chi connectivity index (χ3n) is 3.13. The van der Waals surface area contributed by atoms with Crippen LogP contribution in [0.3, 0.4) is 0 Å². The molecule has 4 heteroatoms. The number of hydrogen-bond acceptors (Lipinski definition) is 2. The van der Waals surface area contributed by atoms with Crippen molar-refractivity contribution in [3.63, 3.8) is 0 Å². The average Bonchev–Trinajstić information content (AvgIpc) is 2.97. The Kier molecular flexibility index (Phi) is 7.00. The molecule has 1 saturated carbocycles. The fourth-order valence-electron chi connectivity index (χ4n) is 1.93. The molecule has 1 aliphatic rings. The smallest absolute Gasteiger partial charge is 0.223 e. The lowest BCUT2D eigenvalue weighted by atomic mass is 10.0. The number of hydrogen-bond donors (Lipinski definition) is 2. The second-order valence-corrected chi connectivity index (χ2v) is 5.20. The summed E-state index contributed by atoms with van der Waals surface area (Å²) >= 11 is 0. The number of nitrogens with two attached hydrogens (primary N) is 1. The minimum atomic E-state index is 0. The first kappa shape index (κ1) is 15.7. The number of halogens is 1. The Labute approximate surface area is 105 Å². The van der Waals surface area contributed by atoms with Gasteiger partial charge in [-0.2, -0.15) is 0 Å². The molecule has 0 spiro atoms. The van der Waals surface area contributed by atoms with Crippen LogP contribution in [0.1, 0.15) is 40.0 Å². The fourth-order valence-corrected chi connectivity index (χ4v) is 1.93. The van der Waals surface area contributed by atoms with Crippen LogP contribution in [-0.2, 0) is 4.79 Å². The van der Waals surface area contributed by atoms with E-state index in [2.05, 4.69) is 19.2 Å². The van der Waals surface area contributed by atoms with Crippen molar-refractivity contribution in [1.29, 1.82) is 0 Å². The summed E-state index contributed by atoms with van der Waals surface area (Å²) in [5.41, 5.74) is 5.65. The van der Waals surface area contributed by atoms with Crippen LogP contribution in [0.5, 0.6) is 0 Å². The predicted molar refractivity (Wildman–Crippen MR) is 69.6 cm³/mol. The topological polar surface area (TPSA) is 55.1 Å². The summed E-state index contributed by atoms with van der Waals surface area (Å²) in [4.78, 5) is 11.8. The molecule has 0 bridgehead atoms. The van der Waals surface area contributed by atoms with Gasteiger partial charge < -0.3 is 11.1 Å². The lowest BCUT2D eigenvalue weighted by Crippen LogP contribution is -2.43. The highest BCUT2D eigenvalue weighted by atomic mass is 35.5. The highest BCUT2D eigenvalue weighted by molar-refractivity contribution is 5.85. The molecule has 0 aromatic carbocycles. The first-order chi connectivity index (χ1) is 7.04. The van der Waals surface area contributed by atoms with Crippen molar-refractivity contribution in [2.45, 2.75) is 46.1 Å². The molecule has 96 valence electrons. The van der Waals surface area contributed by atoms with Crippen molar-refractivity contribution in [2.75, 3.05) is 6.54 Å². The van der Waals surface area contributed by atoms with Gasteiger partial charge in [-0.1, -0.05) is 20.8 Å². The largest absolute Gasteiger partial charge is 0.352 e. The summed E-state index contributed by atoms with van der Waals surface area (Å²) < 4.78 is 0. The minimum Gasteiger partial charge on any atom is -0.352 e. The zero-order chi connectivity index (χ0) is 11.4. The first-order valence-corrected chi connectivity index (χ1v) is 6.05. The van der Waals surface area contributed by atoms with E-state index in [0.717, 1.165) is 6.42 Å². The van der Waals surface area contributed by atoms with E-state index in [4.69, 9.17) is 5.73 Å². The van der Waals surface area contributed by atoms with E-state index in [1.165, 1.54) is 12.8 Å². The van der Waals surface area contributed by atoms with E-state index in [1.807, 2.05) is 6.92 Å². The van der Waals surface area contributed by atoms with Crippen molar-refractivity contribution in [2.24, 2.45) is 23.5 Å². The van der Waals surface area contributed by atoms with E-state index in [-0.39, 0.29) is 30.3 Å². The molecule has 1 fully saturated rings. The first-order valence-electron chi connectivity index (χ1n) is 6.05. The van der Waals surface area contributed by atoms with Gasteiger partial charge in [0.2, 0.25) is 5.91 Å². The Morgan fingerprint density at radius 1 is 1.38 bits per heavy atom. The highest BCUT2D eigenvalue weighted by Gasteiger charge is 2.33. The van der Waals surface area contributed by atoms with Crippen LogP contribution in [-0.4, -0.2) is 18.5 Å². The van der Waals surface area contributed by atoms with Crippen LogP contribution in [0.2, 0.25) is 0 Å². The molecule has 1 amide bonds. The van der Waals surface area contributed by atoms with Crippen molar-refractivity contribution in [3.8, 4) is 0 Å². The normalized spacial score (nSPS) is 18.8. The quantitative estimate of drug-likeness (QED) is 0.755. The molecule has 2 atom stereocenters. The van der Waals surface area contributed by atoms with Crippen LogP contribution >= 0.6 is 12.4 Å². The van der Waals surface area contributed by atoms with Crippen molar-refractivity contribution >= 4 is 18.3 Å².